The topological polar surface area (TPSA) is 45.1 Å². The first kappa shape index (κ1) is 13.9. The third kappa shape index (κ3) is 5.25. The van der Waals surface area contributed by atoms with Gasteiger partial charge in [-0.15, -0.1) is 11.3 Å². The number of hydrogen-bond donors (Lipinski definition) is 2. The van der Waals surface area contributed by atoms with Crippen LogP contribution in [0.5, 0.6) is 0 Å². The third-order valence-electron chi connectivity index (χ3n) is 2.47. The summed E-state index contributed by atoms with van der Waals surface area (Å²) >= 11 is 7.31. The molecule has 0 fully saturated rings. The Balaban J connectivity index is 2.21. The van der Waals surface area contributed by atoms with Gasteiger partial charge < -0.3 is 10.4 Å². The zero-order valence-electron chi connectivity index (χ0n) is 9.58. The van der Waals surface area contributed by atoms with Crippen molar-refractivity contribution in [3.8, 4) is 0 Å². The number of aromatic nitrogens is 1. The zero-order valence-corrected chi connectivity index (χ0v) is 11.2. The van der Waals surface area contributed by atoms with Crippen molar-refractivity contribution in [1.82, 2.24) is 10.3 Å². The van der Waals surface area contributed by atoms with E-state index in [0.717, 1.165) is 41.7 Å². The number of nitrogens with zero attached hydrogens (tertiary/aromatic N) is 1. The summed E-state index contributed by atoms with van der Waals surface area (Å²) < 4.78 is 0.734. The van der Waals surface area contributed by atoms with Crippen molar-refractivity contribution in [2.45, 2.75) is 32.7 Å². The maximum Gasteiger partial charge on any atom is 0.113 e. The molecule has 0 aliphatic rings. The maximum absolute atomic E-state index is 8.93. The van der Waals surface area contributed by atoms with Gasteiger partial charge >= 0.3 is 0 Å². The van der Waals surface area contributed by atoms with Gasteiger partial charge in [-0.25, -0.2) is 4.98 Å². The molecule has 3 nitrogen and oxygen atoms in total. The van der Waals surface area contributed by atoms with E-state index in [0.29, 0.717) is 5.92 Å². The summed E-state index contributed by atoms with van der Waals surface area (Å²) in [6.45, 7) is 4.15. The predicted octanol–water partition coefficient (Wildman–Crippen LogP) is 2.68. The van der Waals surface area contributed by atoms with Crippen molar-refractivity contribution in [1.29, 1.82) is 0 Å². The summed E-state index contributed by atoms with van der Waals surface area (Å²) in [6, 6.07) is 0. The summed E-state index contributed by atoms with van der Waals surface area (Å²) in [6.07, 6.45) is 4.88. The fourth-order valence-electron chi connectivity index (χ4n) is 1.69. The third-order valence-corrected chi connectivity index (χ3v) is 3.58. The Morgan fingerprint density at radius 1 is 1.56 bits per heavy atom. The van der Waals surface area contributed by atoms with E-state index in [-0.39, 0.29) is 6.61 Å². The monoisotopic (exact) mass is 262 g/mol. The fourth-order valence-corrected chi connectivity index (χ4v) is 2.62. The van der Waals surface area contributed by atoms with Gasteiger partial charge in [-0.1, -0.05) is 24.9 Å². The minimum absolute atomic E-state index is 0.273. The van der Waals surface area contributed by atoms with Gasteiger partial charge in [0.15, 0.2) is 0 Å². The van der Waals surface area contributed by atoms with Crippen LogP contribution in [0, 0.1) is 5.92 Å². The molecular weight excluding hydrogens is 244 g/mol. The lowest BCUT2D eigenvalue weighted by Crippen LogP contribution is -2.23. The molecule has 1 rings (SSSR count). The Morgan fingerprint density at radius 3 is 2.94 bits per heavy atom. The molecule has 0 spiro atoms. The van der Waals surface area contributed by atoms with Crippen molar-refractivity contribution < 1.29 is 5.11 Å². The molecule has 0 aliphatic heterocycles. The van der Waals surface area contributed by atoms with E-state index in [9.17, 15) is 0 Å². The second kappa shape index (κ2) is 8.01. The smallest absolute Gasteiger partial charge is 0.113 e. The molecule has 1 atom stereocenters. The molecule has 0 aliphatic carbocycles. The molecule has 92 valence electrons. The van der Waals surface area contributed by atoms with Crippen molar-refractivity contribution in [2.75, 3.05) is 13.2 Å². The standard InChI is InChI=1S/C11H19ClN2OS/c1-2-3-9(4-5-15)6-13-8-11-14-7-10(12)16-11/h7,9,13,15H,2-6,8H2,1H3. The first-order valence-electron chi connectivity index (χ1n) is 5.68. The van der Waals surface area contributed by atoms with E-state index in [1.807, 2.05) is 0 Å². The van der Waals surface area contributed by atoms with Crippen LogP contribution in [0.1, 0.15) is 31.2 Å². The Hall–Kier alpha value is -0.160. The number of halogens is 1. The normalized spacial score (nSPS) is 12.9. The van der Waals surface area contributed by atoms with Crippen LogP contribution in [-0.4, -0.2) is 23.2 Å². The second-order valence-electron chi connectivity index (χ2n) is 3.86. The highest BCUT2D eigenvalue weighted by Crippen LogP contribution is 2.18. The molecule has 1 aromatic rings. The largest absolute Gasteiger partial charge is 0.396 e. The number of rotatable bonds is 8. The number of thiazole rings is 1. The first-order chi connectivity index (χ1) is 7.76. The van der Waals surface area contributed by atoms with E-state index < -0.39 is 0 Å². The molecule has 2 N–H and O–H groups in total. The van der Waals surface area contributed by atoms with Gasteiger partial charge in [-0.3, -0.25) is 0 Å². The summed E-state index contributed by atoms with van der Waals surface area (Å²) in [5, 5.41) is 13.3. The van der Waals surface area contributed by atoms with Gasteiger partial charge in [0.05, 0.1) is 6.20 Å². The Labute approximate surface area is 106 Å². The van der Waals surface area contributed by atoms with Crippen LogP contribution in [0.4, 0.5) is 0 Å². The van der Waals surface area contributed by atoms with E-state index in [2.05, 4.69) is 17.2 Å². The molecule has 0 saturated carbocycles. The molecule has 1 unspecified atom stereocenters. The second-order valence-corrected chi connectivity index (χ2v) is 5.60. The van der Waals surface area contributed by atoms with Crippen molar-refractivity contribution in [3.63, 3.8) is 0 Å². The highest BCUT2D eigenvalue weighted by Gasteiger charge is 2.07. The Morgan fingerprint density at radius 2 is 2.38 bits per heavy atom. The van der Waals surface area contributed by atoms with E-state index >= 15 is 0 Å². The van der Waals surface area contributed by atoms with Crippen LogP contribution in [0.2, 0.25) is 4.34 Å². The van der Waals surface area contributed by atoms with Gasteiger partial charge in [0.2, 0.25) is 0 Å². The van der Waals surface area contributed by atoms with Crippen molar-refractivity contribution >= 4 is 22.9 Å². The number of aliphatic hydroxyl groups excluding tert-OH is 1. The lowest BCUT2D eigenvalue weighted by molar-refractivity contribution is 0.248. The highest BCUT2D eigenvalue weighted by molar-refractivity contribution is 7.15. The summed E-state index contributed by atoms with van der Waals surface area (Å²) in [5.41, 5.74) is 0. The Kier molecular flexibility index (Phi) is 6.96. The van der Waals surface area contributed by atoms with E-state index in [4.69, 9.17) is 16.7 Å². The minimum atomic E-state index is 0.273. The molecule has 1 aromatic heterocycles. The van der Waals surface area contributed by atoms with Gasteiger partial charge in [0, 0.05) is 13.2 Å². The molecule has 0 aromatic carbocycles. The van der Waals surface area contributed by atoms with Crippen LogP contribution in [0.25, 0.3) is 0 Å². The van der Waals surface area contributed by atoms with Crippen molar-refractivity contribution in [2.24, 2.45) is 5.92 Å². The van der Waals surface area contributed by atoms with Crippen LogP contribution >= 0.6 is 22.9 Å². The van der Waals surface area contributed by atoms with Gasteiger partial charge in [-0.2, -0.15) is 0 Å². The molecule has 0 radical (unpaired) electrons. The van der Waals surface area contributed by atoms with E-state index in [1.54, 1.807) is 6.20 Å². The molecule has 0 saturated heterocycles. The van der Waals surface area contributed by atoms with E-state index in [1.165, 1.54) is 11.3 Å². The van der Waals surface area contributed by atoms with Gasteiger partial charge in [-0.05, 0) is 25.3 Å². The molecular formula is C11H19ClN2OS. The predicted molar refractivity (Wildman–Crippen MR) is 68.9 cm³/mol. The average molecular weight is 263 g/mol. The summed E-state index contributed by atoms with van der Waals surface area (Å²) in [7, 11) is 0. The van der Waals surface area contributed by atoms with Crippen molar-refractivity contribution in [3.05, 3.63) is 15.5 Å². The maximum atomic E-state index is 8.93. The summed E-state index contributed by atoms with van der Waals surface area (Å²) in [5.74, 6) is 0.561. The Bertz CT molecular complexity index is 287. The van der Waals surface area contributed by atoms with Crippen LogP contribution in [0.15, 0.2) is 6.20 Å². The number of hydrogen-bond acceptors (Lipinski definition) is 4. The lowest BCUT2D eigenvalue weighted by Gasteiger charge is -2.14. The average Bonchev–Trinajstić information content (AvgIpc) is 2.65. The lowest BCUT2D eigenvalue weighted by atomic mass is 10.0. The quantitative estimate of drug-likeness (QED) is 0.757. The highest BCUT2D eigenvalue weighted by atomic mass is 35.5. The SMILES string of the molecule is CCCC(CCO)CNCc1ncc(Cl)s1. The van der Waals surface area contributed by atoms with Crippen LogP contribution in [0.3, 0.4) is 0 Å². The zero-order chi connectivity index (χ0) is 11.8. The molecule has 16 heavy (non-hydrogen) atoms. The molecule has 5 heteroatoms. The fraction of sp³-hybridized carbons (Fsp3) is 0.727. The van der Waals surface area contributed by atoms with Gasteiger partial charge in [0.1, 0.15) is 9.34 Å². The van der Waals surface area contributed by atoms with Crippen LogP contribution < -0.4 is 5.32 Å². The number of aliphatic hydroxyl groups is 1. The molecule has 1 heterocycles. The first-order valence-corrected chi connectivity index (χ1v) is 6.87. The summed E-state index contributed by atoms with van der Waals surface area (Å²) in [4.78, 5) is 4.18. The van der Waals surface area contributed by atoms with Crippen LogP contribution in [-0.2, 0) is 6.54 Å². The molecule has 0 bridgehead atoms. The van der Waals surface area contributed by atoms with Gasteiger partial charge in [0.25, 0.3) is 0 Å². The number of nitrogens with one attached hydrogen (secondary N) is 1. The minimum Gasteiger partial charge on any atom is -0.396 e. The molecule has 0 amide bonds.